The maximum absolute atomic E-state index is 13.0. The monoisotopic (exact) mass is 462 g/mol. The molecule has 0 radical (unpaired) electrons. The molecule has 0 N–H and O–H groups in total. The van der Waals surface area contributed by atoms with E-state index in [1.165, 1.54) is 9.60 Å². The van der Waals surface area contributed by atoms with E-state index in [-0.39, 0.29) is 18.4 Å². The molecule has 33 heavy (non-hydrogen) atoms. The van der Waals surface area contributed by atoms with Crippen LogP contribution in [0.2, 0.25) is 0 Å². The summed E-state index contributed by atoms with van der Waals surface area (Å²) in [5, 5.41) is 1.12. The highest BCUT2D eigenvalue weighted by atomic mass is 32.1. The maximum Gasteiger partial charge on any atom is 0.332 e. The SMILES string of the molecule is Cc1ccc(N2C(=O)N(CC(=O)N3CCC(c4nc5ccccc5s4)CC3)C(=O)[C@H]2C)cc1. The number of imide groups is 1. The summed E-state index contributed by atoms with van der Waals surface area (Å²) in [5.41, 5.74) is 2.76. The number of amides is 4. The fourth-order valence-corrected chi connectivity index (χ4v) is 5.72. The summed E-state index contributed by atoms with van der Waals surface area (Å²) >= 11 is 1.72. The van der Waals surface area contributed by atoms with Crippen molar-refractivity contribution in [1.82, 2.24) is 14.8 Å². The van der Waals surface area contributed by atoms with Crippen molar-refractivity contribution in [1.29, 1.82) is 0 Å². The average Bonchev–Trinajstić information content (AvgIpc) is 3.35. The number of aromatic nitrogens is 1. The minimum atomic E-state index is -0.627. The normalized spacial score (nSPS) is 19.7. The number of para-hydroxylation sites is 1. The van der Waals surface area contributed by atoms with Gasteiger partial charge in [0.1, 0.15) is 12.6 Å². The number of anilines is 1. The molecule has 170 valence electrons. The predicted octanol–water partition coefficient (Wildman–Crippen LogP) is 4.17. The quantitative estimate of drug-likeness (QED) is 0.546. The molecule has 2 aromatic carbocycles. The number of carbonyl (C=O) groups excluding carboxylic acids is 3. The summed E-state index contributed by atoms with van der Waals surface area (Å²) in [7, 11) is 0. The highest BCUT2D eigenvalue weighted by Gasteiger charge is 2.44. The van der Waals surface area contributed by atoms with Gasteiger partial charge in [-0.1, -0.05) is 29.8 Å². The highest BCUT2D eigenvalue weighted by Crippen LogP contribution is 2.34. The Morgan fingerprint density at radius 3 is 2.45 bits per heavy atom. The molecule has 7 nitrogen and oxygen atoms in total. The molecule has 8 heteroatoms. The van der Waals surface area contributed by atoms with E-state index in [1.54, 1.807) is 23.2 Å². The van der Waals surface area contributed by atoms with Crippen molar-refractivity contribution in [3.63, 3.8) is 0 Å². The minimum absolute atomic E-state index is 0.183. The Balaban J connectivity index is 1.22. The molecule has 0 saturated carbocycles. The van der Waals surface area contributed by atoms with Crippen molar-refractivity contribution >= 4 is 45.1 Å². The zero-order valence-electron chi connectivity index (χ0n) is 18.7. The van der Waals surface area contributed by atoms with Gasteiger partial charge in [0, 0.05) is 24.7 Å². The van der Waals surface area contributed by atoms with Gasteiger partial charge in [-0.25, -0.2) is 9.78 Å². The van der Waals surface area contributed by atoms with Crippen LogP contribution in [0.15, 0.2) is 48.5 Å². The van der Waals surface area contributed by atoms with Crippen LogP contribution in [0.25, 0.3) is 10.2 Å². The lowest BCUT2D eigenvalue weighted by Gasteiger charge is -2.32. The van der Waals surface area contributed by atoms with Crippen LogP contribution in [0.5, 0.6) is 0 Å². The van der Waals surface area contributed by atoms with Crippen LogP contribution in [0, 0.1) is 6.92 Å². The lowest BCUT2D eigenvalue weighted by molar-refractivity contribution is -0.137. The largest absolute Gasteiger partial charge is 0.341 e. The number of piperidine rings is 1. The van der Waals surface area contributed by atoms with E-state index in [0.717, 1.165) is 33.8 Å². The summed E-state index contributed by atoms with van der Waals surface area (Å²) in [5.74, 6) is -0.186. The smallest absolute Gasteiger partial charge is 0.332 e. The molecule has 3 aromatic rings. The Hall–Kier alpha value is -3.26. The topological polar surface area (TPSA) is 73.8 Å². The Morgan fingerprint density at radius 1 is 1.06 bits per heavy atom. The van der Waals surface area contributed by atoms with Crippen LogP contribution < -0.4 is 4.90 Å². The molecule has 4 amide bonds. The van der Waals surface area contributed by atoms with E-state index < -0.39 is 12.1 Å². The number of carbonyl (C=O) groups is 3. The van der Waals surface area contributed by atoms with E-state index >= 15 is 0 Å². The number of nitrogens with zero attached hydrogens (tertiary/aromatic N) is 4. The molecule has 0 unspecified atom stereocenters. The van der Waals surface area contributed by atoms with Crippen molar-refractivity contribution in [2.24, 2.45) is 0 Å². The average molecular weight is 463 g/mol. The zero-order valence-corrected chi connectivity index (χ0v) is 19.5. The van der Waals surface area contributed by atoms with E-state index in [2.05, 4.69) is 6.07 Å². The first-order valence-corrected chi connectivity index (χ1v) is 12.1. The number of urea groups is 1. The molecule has 1 aromatic heterocycles. The lowest BCUT2D eigenvalue weighted by Crippen LogP contribution is -2.46. The molecule has 0 aliphatic carbocycles. The molecule has 0 spiro atoms. The number of thiazole rings is 1. The van der Waals surface area contributed by atoms with Crippen LogP contribution in [0.1, 0.15) is 36.3 Å². The maximum atomic E-state index is 13.0. The molecule has 5 rings (SSSR count). The summed E-state index contributed by atoms with van der Waals surface area (Å²) in [6.07, 6.45) is 1.67. The number of fused-ring (bicyclic) bond motifs is 1. The van der Waals surface area contributed by atoms with Gasteiger partial charge in [-0.05, 0) is 51.0 Å². The second-order valence-electron chi connectivity index (χ2n) is 8.76. The van der Waals surface area contributed by atoms with Gasteiger partial charge in [-0.15, -0.1) is 11.3 Å². The Kier molecular flexibility index (Phi) is 5.62. The van der Waals surface area contributed by atoms with E-state index in [9.17, 15) is 14.4 Å². The van der Waals surface area contributed by atoms with E-state index in [4.69, 9.17) is 4.98 Å². The summed E-state index contributed by atoms with van der Waals surface area (Å²) < 4.78 is 1.18. The first kappa shape index (κ1) is 21.6. The van der Waals surface area contributed by atoms with Crippen LogP contribution in [0.4, 0.5) is 10.5 Å². The number of benzene rings is 2. The number of likely N-dealkylation sites (tertiary alicyclic amines) is 1. The predicted molar refractivity (Wildman–Crippen MR) is 128 cm³/mol. The summed E-state index contributed by atoms with van der Waals surface area (Å²) in [6.45, 7) is 4.67. The first-order chi connectivity index (χ1) is 15.9. The Bertz CT molecular complexity index is 1180. The van der Waals surface area contributed by atoms with Crippen LogP contribution >= 0.6 is 11.3 Å². The summed E-state index contributed by atoms with van der Waals surface area (Å²) in [6, 6.07) is 14.5. The third kappa shape index (κ3) is 3.99. The minimum Gasteiger partial charge on any atom is -0.341 e. The van der Waals surface area contributed by atoms with Gasteiger partial charge >= 0.3 is 6.03 Å². The number of hydrogen-bond donors (Lipinski definition) is 0. The summed E-state index contributed by atoms with van der Waals surface area (Å²) in [4.78, 5) is 47.9. The molecular formula is C25H26N4O3S. The highest BCUT2D eigenvalue weighted by molar-refractivity contribution is 7.18. The second-order valence-corrected chi connectivity index (χ2v) is 9.83. The van der Waals surface area contributed by atoms with Crippen LogP contribution in [-0.2, 0) is 9.59 Å². The molecular weight excluding hydrogens is 436 g/mol. The van der Waals surface area contributed by atoms with Crippen molar-refractivity contribution in [3.05, 3.63) is 59.1 Å². The van der Waals surface area contributed by atoms with Crippen molar-refractivity contribution in [3.8, 4) is 0 Å². The van der Waals surface area contributed by atoms with Gasteiger partial charge in [0.05, 0.1) is 15.2 Å². The van der Waals surface area contributed by atoms with Gasteiger partial charge in [-0.3, -0.25) is 19.4 Å². The van der Waals surface area contributed by atoms with Gasteiger partial charge in [0.15, 0.2) is 0 Å². The molecule has 2 fully saturated rings. The molecule has 2 aliphatic heterocycles. The van der Waals surface area contributed by atoms with Gasteiger partial charge in [0.2, 0.25) is 5.91 Å². The number of hydrogen-bond acceptors (Lipinski definition) is 5. The fraction of sp³-hybridized carbons (Fsp3) is 0.360. The molecule has 3 heterocycles. The van der Waals surface area contributed by atoms with Crippen molar-refractivity contribution < 1.29 is 14.4 Å². The zero-order chi connectivity index (χ0) is 23.1. The van der Waals surface area contributed by atoms with Crippen molar-refractivity contribution in [2.45, 2.75) is 38.6 Å². The second kappa shape index (κ2) is 8.59. The van der Waals surface area contributed by atoms with E-state index in [1.807, 2.05) is 49.4 Å². The molecule has 1 atom stereocenters. The first-order valence-electron chi connectivity index (χ1n) is 11.3. The standard InChI is InChI=1S/C25H26N4O3S/c1-16-7-9-19(10-8-16)29-17(2)24(31)28(25(29)32)15-22(30)27-13-11-18(12-14-27)23-26-20-5-3-4-6-21(20)33-23/h3-10,17-18H,11-15H2,1-2H3/t17-/m1/s1. The van der Waals surface area contributed by atoms with Gasteiger partial charge in [-0.2, -0.15) is 0 Å². The van der Waals surface area contributed by atoms with Gasteiger partial charge < -0.3 is 4.90 Å². The Labute approximate surface area is 196 Å². The fourth-order valence-electron chi connectivity index (χ4n) is 4.59. The van der Waals surface area contributed by atoms with Crippen molar-refractivity contribution in [2.75, 3.05) is 24.5 Å². The molecule has 2 saturated heterocycles. The van der Waals surface area contributed by atoms with Crippen LogP contribution in [0.3, 0.4) is 0 Å². The Morgan fingerprint density at radius 2 is 1.76 bits per heavy atom. The van der Waals surface area contributed by atoms with E-state index in [0.29, 0.717) is 24.7 Å². The molecule has 2 aliphatic rings. The lowest BCUT2D eigenvalue weighted by atomic mass is 9.97. The third-order valence-electron chi connectivity index (χ3n) is 6.56. The molecule has 0 bridgehead atoms. The van der Waals surface area contributed by atoms with Crippen LogP contribution in [-0.4, -0.2) is 58.3 Å². The third-order valence-corrected chi connectivity index (χ3v) is 7.76. The number of rotatable bonds is 4. The van der Waals surface area contributed by atoms with Gasteiger partial charge in [0.25, 0.3) is 5.91 Å². The number of aryl methyl sites for hydroxylation is 1.